The van der Waals surface area contributed by atoms with Crippen LogP contribution in [-0.4, -0.2) is 54.8 Å². The Hall–Kier alpha value is -4.37. The van der Waals surface area contributed by atoms with E-state index in [1.807, 2.05) is 30.3 Å². The second-order valence-corrected chi connectivity index (χ2v) is 9.86. The molecule has 1 fully saturated rings. The fourth-order valence-electron chi connectivity index (χ4n) is 5.00. The Labute approximate surface area is 246 Å². The summed E-state index contributed by atoms with van der Waals surface area (Å²) in [6.45, 7) is 0.815. The van der Waals surface area contributed by atoms with Gasteiger partial charge in [-0.05, 0) is 61.2 Å². The summed E-state index contributed by atoms with van der Waals surface area (Å²) in [6, 6.07) is 24.1. The lowest BCUT2D eigenvalue weighted by atomic mass is 10.0. The minimum atomic E-state index is -0.460. The molecule has 1 heterocycles. The number of nitrogen functional groups attached to an aromatic ring is 1. The van der Waals surface area contributed by atoms with Crippen molar-refractivity contribution in [1.29, 1.82) is 5.41 Å². The second kappa shape index (κ2) is 14.9. The highest BCUT2D eigenvalue weighted by Gasteiger charge is 2.40. The monoisotopic (exact) mass is 577 g/mol. The molecule has 10 heteroatoms. The van der Waals surface area contributed by atoms with Crippen molar-refractivity contribution in [3.05, 3.63) is 95.6 Å². The van der Waals surface area contributed by atoms with Gasteiger partial charge in [-0.25, -0.2) is 0 Å². The van der Waals surface area contributed by atoms with Crippen LogP contribution in [0.15, 0.2) is 78.9 Å². The van der Waals surface area contributed by atoms with Crippen LogP contribution in [0.2, 0.25) is 0 Å². The molecule has 2 amide bonds. The Morgan fingerprint density at radius 1 is 1.02 bits per heavy atom. The van der Waals surface area contributed by atoms with Gasteiger partial charge < -0.3 is 26.0 Å². The number of amides is 2. The highest BCUT2D eigenvalue weighted by Crippen LogP contribution is 2.28. The number of rotatable bonds is 12. The van der Waals surface area contributed by atoms with Crippen LogP contribution in [0.25, 0.3) is 0 Å². The number of carbonyl (C=O) groups excluding carboxylic acids is 3. The standard InChI is InChI=1S/C31H35N5O4.ClH/c1-40-28(37)19-23-18-25(36(31(23)39)17-7-10-21-8-3-2-4-9-21)20-34-30(38)26-11-5-6-12-27(26)35-24-15-13-22(14-16-24)29(32)33;/h2-6,8-9,11-16,23,25,35H,7,10,17-20H2,1H3,(H3,32,33)(H,34,38);1H/t23-,25-;/m0./s1. The normalized spacial score (nSPS) is 16.0. The first kappa shape index (κ1) is 31.2. The first-order valence-electron chi connectivity index (χ1n) is 13.4. The SMILES string of the molecule is COC(=O)C[C@@H]1C[C@@H](CNC(=O)c2ccccc2Nc2ccc(C(=N)N)cc2)N(CCCc2ccccc2)C1=O.Cl. The third-order valence-electron chi connectivity index (χ3n) is 7.12. The first-order valence-corrected chi connectivity index (χ1v) is 13.4. The average Bonchev–Trinajstić information content (AvgIpc) is 3.26. The number of likely N-dealkylation sites (tertiary alicyclic amines) is 1. The zero-order valence-electron chi connectivity index (χ0n) is 23.0. The predicted molar refractivity (Wildman–Crippen MR) is 162 cm³/mol. The quantitative estimate of drug-likeness (QED) is 0.144. The summed E-state index contributed by atoms with van der Waals surface area (Å²) in [6.07, 6.45) is 2.12. The molecule has 2 atom stereocenters. The number of carbonyl (C=O) groups is 3. The number of nitrogens with one attached hydrogen (secondary N) is 3. The Kier molecular flexibility index (Phi) is 11.3. The van der Waals surface area contributed by atoms with Gasteiger partial charge in [0, 0.05) is 30.4 Å². The largest absolute Gasteiger partial charge is 0.469 e. The molecule has 1 aliphatic heterocycles. The van der Waals surface area contributed by atoms with Gasteiger partial charge in [0.15, 0.2) is 0 Å². The number of aryl methyl sites for hydroxylation is 1. The number of hydrogen-bond donors (Lipinski definition) is 4. The van der Waals surface area contributed by atoms with E-state index in [9.17, 15) is 14.4 Å². The molecule has 1 saturated heterocycles. The van der Waals surface area contributed by atoms with Gasteiger partial charge in [-0.15, -0.1) is 12.4 Å². The van der Waals surface area contributed by atoms with Crippen molar-refractivity contribution in [3.63, 3.8) is 0 Å². The molecular weight excluding hydrogens is 542 g/mol. The summed E-state index contributed by atoms with van der Waals surface area (Å²) in [5.41, 5.74) is 9.19. The van der Waals surface area contributed by atoms with Crippen LogP contribution < -0.4 is 16.4 Å². The van der Waals surface area contributed by atoms with Crippen LogP contribution in [0.3, 0.4) is 0 Å². The number of esters is 1. The molecule has 0 saturated carbocycles. The summed E-state index contributed by atoms with van der Waals surface area (Å²) >= 11 is 0. The number of nitrogens with zero attached hydrogens (tertiary/aromatic N) is 1. The van der Waals surface area contributed by atoms with Crippen molar-refractivity contribution in [2.75, 3.05) is 25.5 Å². The van der Waals surface area contributed by atoms with Gasteiger partial charge >= 0.3 is 5.97 Å². The average molecular weight is 578 g/mol. The molecule has 1 aliphatic rings. The maximum atomic E-state index is 13.3. The van der Waals surface area contributed by atoms with Crippen molar-refractivity contribution in [2.24, 2.45) is 11.7 Å². The maximum absolute atomic E-state index is 13.3. The van der Waals surface area contributed by atoms with Gasteiger partial charge in [-0.1, -0.05) is 42.5 Å². The molecule has 0 aromatic heterocycles. The topological polar surface area (TPSA) is 138 Å². The summed E-state index contributed by atoms with van der Waals surface area (Å²) in [5.74, 6) is -1.23. The number of para-hydroxylation sites is 1. The molecule has 3 aromatic carbocycles. The van der Waals surface area contributed by atoms with E-state index in [0.717, 1.165) is 18.5 Å². The number of anilines is 2. The van der Waals surface area contributed by atoms with Crippen LogP contribution in [0, 0.1) is 11.3 Å². The Balaban J connectivity index is 0.00000462. The molecule has 9 nitrogen and oxygen atoms in total. The lowest BCUT2D eigenvalue weighted by molar-refractivity contribution is -0.144. The number of nitrogens with two attached hydrogens (primary N) is 1. The van der Waals surface area contributed by atoms with E-state index >= 15 is 0 Å². The van der Waals surface area contributed by atoms with Gasteiger partial charge in [0.25, 0.3) is 5.91 Å². The molecule has 0 aliphatic carbocycles. The van der Waals surface area contributed by atoms with Crippen molar-refractivity contribution >= 4 is 47.4 Å². The zero-order valence-corrected chi connectivity index (χ0v) is 23.8. The summed E-state index contributed by atoms with van der Waals surface area (Å²) < 4.78 is 4.80. The number of ether oxygens (including phenoxy) is 1. The van der Waals surface area contributed by atoms with E-state index in [1.165, 1.54) is 12.7 Å². The summed E-state index contributed by atoms with van der Waals surface area (Å²) in [4.78, 5) is 40.2. The van der Waals surface area contributed by atoms with Crippen LogP contribution in [0.4, 0.5) is 11.4 Å². The minimum absolute atomic E-state index is 0. The van der Waals surface area contributed by atoms with E-state index in [1.54, 1.807) is 41.3 Å². The van der Waals surface area contributed by atoms with Crippen LogP contribution in [0.5, 0.6) is 0 Å². The van der Waals surface area contributed by atoms with Gasteiger partial charge in [0.05, 0.1) is 30.7 Å². The van der Waals surface area contributed by atoms with E-state index in [0.29, 0.717) is 29.8 Å². The van der Waals surface area contributed by atoms with Gasteiger partial charge in [0.1, 0.15) is 5.84 Å². The van der Waals surface area contributed by atoms with E-state index in [2.05, 4.69) is 22.8 Å². The first-order chi connectivity index (χ1) is 19.4. The smallest absolute Gasteiger partial charge is 0.306 e. The predicted octanol–water partition coefficient (Wildman–Crippen LogP) is 4.28. The van der Waals surface area contributed by atoms with Crippen LogP contribution in [-0.2, 0) is 20.7 Å². The number of amidine groups is 1. The van der Waals surface area contributed by atoms with Crippen molar-refractivity contribution < 1.29 is 19.1 Å². The second-order valence-electron chi connectivity index (χ2n) is 9.86. The Bertz CT molecular complexity index is 1350. The molecule has 4 rings (SSSR count). The third-order valence-corrected chi connectivity index (χ3v) is 7.12. The van der Waals surface area contributed by atoms with Gasteiger partial charge in [-0.2, -0.15) is 0 Å². The molecule has 0 unspecified atom stereocenters. The van der Waals surface area contributed by atoms with Crippen LogP contribution >= 0.6 is 12.4 Å². The minimum Gasteiger partial charge on any atom is -0.469 e. The summed E-state index contributed by atoms with van der Waals surface area (Å²) in [7, 11) is 1.32. The Morgan fingerprint density at radius 2 is 1.71 bits per heavy atom. The molecule has 3 aromatic rings. The van der Waals surface area contributed by atoms with Gasteiger partial charge in [-0.3, -0.25) is 19.8 Å². The summed E-state index contributed by atoms with van der Waals surface area (Å²) in [5, 5.41) is 13.8. The molecule has 0 spiro atoms. The fraction of sp³-hybridized carbons (Fsp3) is 0.290. The highest BCUT2D eigenvalue weighted by molar-refractivity contribution is 6.00. The molecule has 216 valence electrons. The number of halogens is 1. The maximum Gasteiger partial charge on any atom is 0.306 e. The van der Waals surface area contributed by atoms with Crippen molar-refractivity contribution in [3.8, 4) is 0 Å². The van der Waals surface area contributed by atoms with Crippen LogP contribution in [0.1, 0.15) is 40.7 Å². The lowest BCUT2D eigenvalue weighted by Crippen LogP contribution is -2.42. The Morgan fingerprint density at radius 3 is 2.39 bits per heavy atom. The highest BCUT2D eigenvalue weighted by atomic mass is 35.5. The molecule has 0 radical (unpaired) electrons. The number of benzene rings is 3. The fourth-order valence-corrected chi connectivity index (χ4v) is 5.00. The molecule has 5 N–H and O–H groups in total. The third kappa shape index (κ3) is 8.31. The molecular formula is C31H36ClN5O4. The number of methoxy groups -OCH3 is 1. The van der Waals surface area contributed by atoms with E-state index in [-0.39, 0.29) is 49.1 Å². The zero-order chi connectivity index (χ0) is 28.5. The lowest BCUT2D eigenvalue weighted by Gasteiger charge is -2.25. The van der Waals surface area contributed by atoms with E-state index < -0.39 is 11.9 Å². The van der Waals surface area contributed by atoms with Crippen molar-refractivity contribution in [2.45, 2.75) is 31.7 Å². The molecule has 0 bridgehead atoms. The molecule has 41 heavy (non-hydrogen) atoms. The van der Waals surface area contributed by atoms with E-state index in [4.69, 9.17) is 15.9 Å². The van der Waals surface area contributed by atoms with Crippen molar-refractivity contribution in [1.82, 2.24) is 10.2 Å². The van der Waals surface area contributed by atoms with Gasteiger partial charge in [0.2, 0.25) is 5.91 Å². The number of hydrogen-bond acceptors (Lipinski definition) is 6.